The smallest absolute Gasteiger partial charge is 0.344 e. The summed E-state index contributed by atoms with van der Waals surface area (Å²) in [7, 11) is 0. The quantitative estimate of drug-likeness (QED) is 0.507. The third-order valence-corrected chi connectivity index (χ3v) is 3.86. The summed E-state index contributed by atoms with van der Waals surface area (Å²) in [5, 5.41) is 5.01. The fourth-order valence-corrected chi connectivity index (χ4v) is 2.52. The van der Waals surface area contributed by atoms with Crippen molar-refractivity contribution in [3.8, 4) is 5.75 Å². The van der Waals surface area contributed by atoms with Gasteiger partial charge in [-0.05, 0) is 45.0 Å². The Bertz CT molecular complexity index is 799. The van der Waals surface area contributed by atoms with Gasteiger partial charge in [0, 0.05) is 5.56 Å². The number of hydrogen-bond donors (Lipinski definition) is 2. The highest BCUT2D eigenvalue weighted by Crippen LogP contribution is 2.15. The number of rotatable bonds is 8. The Labute approximate surface area is 162 Å². The zero-order chi connectivity index (χ0) is 20.7. The van der Waals surface area contributed by atoms with Crippen molar-refractivity contribution in [2.24, 2.45) is 0 Å². The van der Waals surface area contributed by atoms with Crippen molar-refractivity contribution >= 4 is 23.8 Å². The van der Waals surface area contributed by atoms with E-state index in [1.807, 2.05) is 0 Å². The molecule has 0 saturated heterocycles. The van der Waals surface area contributed by atoms with Gasteiger partial charge in [0.2, 0.25) is 0 Å². The zero-order valence-electron chi connectivity index (χ0n) is 15.9. The van der Waals surface area contributed by atoms with Gasteiger partial charge in [-0.25, -0.2) is 14.4 Å². The molecule has 150 valence electrons. The number of Topliss-reactive ketones (excluding diaryl/α,β-unsaturated/α-hetero) is 1. The molecule has 2 N–H and O–H groups in total. The van der Waals surface area contributed by atoms with E-state index in [9.17, 15) is 19.2 Å². The van der Waals surface area contributed by atoms with Gasteiger partial charge in [-0.15, -0.1) is 0 Å². The molecule has 0 unspecified atom stereocenters. The summed E-state index contributed by atoms with van der Waals surface area (Å²) in [5.41, 5.74) is 0.882. The SMILES string of the molecule is CCOC(=O)C1=C(COC(=O)COc2ccc(C(C)=O)cc2)NC(=O)N[C@@H]1C. The lowest BCUT2D eigenvalue weighted by atomic mass is 10.0. The summed E-state index contributed by atoms with van der Waals surface area (Å²) in [6, 6.07) is 5.22. The molecule has 0 aliphatic carbocycles. The molecule has 1 aliphatic rings. The van der Waals surface area contributed by atoms with Crippen LogP contribution in [0.2, 0.25) is 0 Å². The van der Waals surface area contributed by atoms with Gasteiger partial charge in [0.25, 0.3) is 0 Å². The van der Waals surface area contributed by atoms with Crippen LogP contribution in [0.15, 0.2) is 35.5 Å². The van der Waals surface area contributed by atoms with Gasteiger partial charge in [-0.2, -0.15) is 0 Å². The van der Waals surface area contributed by atoms with Gasteiger partial charge in [0.15, 0.2) is 12.4 Å². The van der Waals surface area contributed by atoms with Crippen molar-refractivity contribution in [2.45, 2.75) is 26.8 Å². The number of ketones is 1. The number of esters is 2. The molecule has 2 rings (SSSR count). The van der Waals surface area contributed by atoms with Gasteiger partial charge in [0.05, 0.1) is 23.9 Å². The molecule has 9 nitrogen and oxygen atoms in total. The first-order valence-corrected chi connectivity index (χ1v) is 8.69. The van der Waals surface area contributed by atoms with Crippen LogP contribution in [0.1, 0.15) is 31.1 Å². The van der Waals surface area contributed by atoms with Crippen LogP contribution in [0, 0.1) is 0 Å². The third-order valence-electron chi connectivity index (χ3n) is 3.86. The van der Waals surface area contributed by atoms with Crippen molar-refractivity contribution in [3.05, 3.63) is 41.1 Å². The standard InChI is InChI=1S/C19H22N2O7/c1-4-26-18(24)17-11(2)20-19(25)21-15(17)9-28-16(23)10-27-14-7-5-13(6-8-14)12(3)22/h5-8,11H,4,9-10H2,1-3H3,(H2,20,21,25)/t11-/m1/s1. The summed E-state index contributed by atoms with van der Waals surface area (Å²) in [6.07, 6.45) is 0. The number of hydrogen-bond acceptors (Lipinski definition) is 7. The Kier molecular flexibility index (Phi) is 7.14. The average molecular weight is 390 g/mol. The van der Waals surface area contributed by atoms with Crippen molar-refractivity contribution < 1.29 is 33.4 Å². The van der Waals surface area contributed by atoms with E-state index in [1.54, 1.807) is 38.1 Å². The average Bonchev–Trinajstić information content (AvgIpc) is 2.64. The topological polar surface area (TPSA) is 120 Å². The predicted octanol–water partition coefficient (Wildman–Crippen LogP) is 1.33. The first kappa shape index (κ1) is 20.9. The summed E-state index contributed by atoms with van der Waals surface area (Å²) >= 11 is 0. The van der Waals surface area contributed by atoms with E-state index in [-0.39, 0.29) is 36.9 Å². The molecule has 0 radical (unpaired) electrons. The second-order valence-corrected chi connectivity index (χ2v) is 5.96. The van der Waals surface area contributed by atoms with Crippen molar-refractivity contribution in [1.29, 1.82) is 0 Å². The van der Waals surface area contributed by atoms with Crippen LogP contribution in [0.25, 0.3) is 0 Å². The molecule has 0 aromatic heterocycles. The zero-order valence-corrected chi connectivity index (χ0v) is 15.9. The number of benzene rings is 1. The maximum atomic E-state index is 12.1. The molecule has 9 heteroatoms. The van der Waals surface area contributed by atoms with Gasteiger partial charge in [0.1, 0.15) is 12.4 Å². The highest BCUT2D eigenvalue weighted by molar-refractivity contribution is 5.95. The molecule has 1 aliphatic heterocycles. The monoisotopic (exact) mass is 390 g/mol. The fraction of sp³-hybridized carbons (Fsp3) is 0.368. The summed E-state index contributed by atoms with van der Waals surface area (Å²) < 4.78 is 15.4. The first-order chi connectivity index (χ1) is 13.3. The summed E-state index contributed by atoms with van der Waals surface area (Å²) in [4.78, 5) is 46.9. The van der Waals surface area contributed by atoms with E-state index in [2.05, 4.69) is 10.6 Å². The number of urea groups is 1. The van der Waals surface area contributed by atoms with Gasteiger partial charge < -0.3 is 24.8 Å². The van der Waals surface area contributed by atoms with Crippen molar-refractivity contribution in [3.63, 3.8) is 0 Å². The molecule has 1 aromatic carbocycles. The first-order valence-electron chi connectivity index (χ1n) is 8.69. The van der Waals surface area contributed by atoms with E-state index >= 15 is 0 Å². The normalized spacial score (nSPS) is 16.0. The van der Waals surface area contributed by atoms with Crippen LogP contribution in [0.5, 0.6) is 5.75 Å². The number of nitrogens with one attached hydrogen (secondary N) is 2. The molecule has 0 fully saturated rings. The molecule has 1 atom stereocenters. The fourth-order valence-electron chi connectivity index (χ4n) is 2.52. The van der Waals surface area contributed by atoms with Crippen LogP contribution in [-0.4, -0.2) is 49.6 Å². The van der Waals surface area contributed by atoms with Crippen LogP contribution < -0.4 is 15.4 Å². The number of amides is 2. The molecule has 0 bridgehead atoms. The van der Waals surface area contributed by atoms with E-state index in [0.29, 0.717) is 11.3 Å². The molecule has 2 amide bonds. The molecule has 28 heavy (non-hydrogen) atoms. The van der Waals surface area contributed by atoms with Crippen LogP contribution >= 0.6 is 0 Å². The van der Waals surface area contributed by atoms with Gasteiger partial charge in [-0.1, -0.05) is 0 Å². The van der Waals surface area contributed by atoms with Crippen LogP contribution in [0.4, 0.5) is 4.79 Å². The van der Waals surface area contributed by atoms with Crippen molar-refractivity contribution in [1.82, 2.24) is 10.6 Å². The van der Waals surface area contributed by atoms with Crippen molar-refractivity contribution in [2.75, 3.05) is 19.8 Å². The Morgan fingerprint density at radius 1 is 1.11 bits per heavy atom. The lowest BCUT2D eigenvalue weighted by molar-refractivity contribution is -0.145. The third kappa shape index (κ3) is 5.57. The molecule has 0 spiro atoms. The maximum absolute atomic E-state index is 12.1. The minimum Gasteiger partial charge on any atom is -0.482 e. The largest absolute Gasteiger partial charge is 0.482 e. The Hall–Kier alpha value is -3.36. The highest BCUT2D eigenvalue weighted by Gasteiger charge is 2.30. The predicted molar refractivity (Wildman–Crippen MR) is 97.7 cm³/mol. The number of carbonyl (C=O) groups is 4. The summed E-state index contributed by atoms with van der Waals surface area (Å²) in [5.74, 6) is -0.964. The lowest BCUT2D eigenvalue weighted by Crippen LogP contribution is -2.50. The summed E-state index contributed by atoms with van der Waals surface area (Å²) in [6.45, 7) is 4.23. The number of ether oxygens (including phenoxy) is 3. The second-order valence-electron chi connectivity index (χ2n) is 5.96. The minimum absolute atomic E-state index is 0.0742. The maximum Gasteiger partial charge on any atom is 0.344 e. The molecular weight excluding hydrogens is 368 g/mol. The van der Waals surface area contributed by atoms with E-state index in [0.717, 1.165) is 0 Å². The highest BCUT2D eigenvalue weighted by atomic mass is 16.6. The Balaban J connectivity index is 1.95. The minimum atomic E-state index is -0.688. The molecule has 0 saturated carbocycles. The molecule has 1 heterocycles. The Morgan fingerprint density at radius 2 is 1.79 bits per heavy atom. The number of carbonyl (C=O) groups excluding carboxylic acids is 4. The van der Waals surface area contributed by atoms with E-state index in [4.69, 9.17) is 14.2 Å². The van der Waals surface area contributed by atoms with E-state index in [1.165, 1.54) is 6.92 Å². The lowest BCUT2D eigenvalue weighted by Gasteiger charge is -2.26. The second kappa shape index (κ2) is 9.54. The molecular formula is C19H22N2O7. The van der Waals surface area contributed by atoms with Gasteiger partial charge >= 0.3 is 18.0 Å². The van der Waals surface area contributed by atoms with E-state index < -0.39 is 24.0 Å². The Morgan fingerprint density at radius 3 is 2.39 bits per heavy atom. The van der Waals surface area contributed by atoms with Crippen LogP contribution in [0.3, 0.4) is 0 Å². The molecule has 1 aromatic rings. The van der Waals surface area contributed by atoms with Gasteiger partial charge in [-0.3, -0.25) is 4.79 Å². The van der Waals surface area contributed by atoms with Crippen LogP contribution in [-0.2, 0) is 19.1 Å².